The molecule has 9 nitrogen and oxygen atoms in total. The third kappa shape index (κ3) is 6.83. The van der Waals surface area contributed by atoms with Crippen molar-refractivity contribution in [3.8, 4) is 0 Å². The summed E-state index contributed by atoms with van der Waals surface area (Å²) >= 11 is 7.10. The van der Waals surface area contributed by atoms with E-state index in [1.54, 1.807) is 24.3 Å². The van der Waals surface area contributed by atoms with Gasteiger partial charge in [-0.1, -0.05) is 79.4 Å². The number of hydrogen-bond donors (Lipinski definition) is 3. The number of nitrogens with zero attached hydrogens (tertiary/aromatic N) is 2. The number of carbonyl (C=O) groups excluding carboxylic acids is 3. The van der Waals surface area contributed by atoms with Gasteiger partial charge in [-0.2, -0.15) is 4.37 Å². The van der Waals surface area contributed by atoms with Gasteiger partial charge in [0.1, 0.15) is 10.9 Å². The number of benzene rings is 3. The second-order valence-corrected chi connectivity index (χ2v) is 12.8. The lowest BCUT2D eigenvalue weighted by Gasteiger charge is -2.32. The van der Waals surface area contributed by atoms with Crippen molar-refractivity contribution in [2.45, 2.75) is 63.1 Å². The Morgan fingerprint density at radius 1 is 0.978 bits per heavy atom. The number of ether oxygens (including phenoxy) is 1. The minimum Gasteiger partial charge on any atom is -0.395 e. The molecule has 1 saturated heterocycles. The summed E-state index contributed by atoms with van der Waals surface area (Å²) in [4.78, 5) is 43.7. The van der Waals surface area contributed by atoms with E-state index < -0.39 is 17.9 Å². The predicted molar refractivity (Wildman–Crippen MR) is 178 cm³/mol. The molecular formula is C34H36ClN5O4S. The molecule has 3 aromatic carbocycles. The van der Waals surface area contributed by atoms with E-state index in [-0.39, 0.29) is 34.3 Å². The number of nitrogen functional groups attached to an aromatic ring is 1. The molecule has 3 amide bonds. The standard InChI is InChI=1S/C34H36ClN5O4S/c35-23-17-15-22(16-18-23)30(33(42)37-20-25-12-7-19-44-25)40(27-14-6-9-21-8-4-5-13-26(21)27)34(43)31-28(36)29(39-45-31)32(41)38-24-10-2-1-3-11-24/h4-6,8-9,13-18,24-25,30H,1-3,7,10-12,19-20,36H2,(H,37,42)(H,38,41)/t25-,30+/m0/s1. The monoisotopic (exact) mass is 645 g/mol. The normalized spacial score (nSPS) is 17.6. The largest absolute Gasteiger partial charge is 0.395 e. The fourth-order valence-corrected chi connectivity index (χ4v) is 7.05. The average molecular weight is 646 g/mol. The van der Waals surface area contributed by atoms with Crippen molar-refractivity contribution in [3.63, 3.8) is 0 Å². The first-order valence-electron chi connectivity index (χ1n) is 15.4. The number of nitrogens with two attached hydrogens (primary N) is 1. The highest BCUT2D eigenvalue weighted by Crippen LogP contribution is 2.37. The SMILES string of the molecule is Nc1c(C(=O)NC2CCCCC2)nsc1C(=O)N(c1cccc2ccccc12)[C@@H](C(=O)NC[C@@H]1CCCO1)c1ccc(Cl)cc1. The van der Waals surface area contributed by atoms with Gasteiger partial charge in [0.15, 0.2) is 5.69 Å². The lowest BCUT2D eigenvalue weighted by molar-refractivity contribution is -0.123. The van der Waals surface area contributed by atoms with Crippen molar-refractivity contribution < 1.29 is 19.1 Å². The lowest BCUT2D eigenvalue weighted by Crippen LogP contribution is -2.45. The number of rotatable bonds is 9. The van der Waals surface area contributed by atoms with E-state index in [0.717, 1.165) is 67.3 Å². The molecule has 4 aromatic rings. The van der Waals surface area contributed by atoms with Crippen LogP contribution in [0.15, 0.2) is 66.7 Å². The summed E-state index contributed by atoms with van der Waals surface area (Å²) in [6, 6.07) is 19.1. The Hall–Kier alpha value is -3.99. The number of aromatic nitrogens is 1. The first-order valence-corrected chi connectivity index (χ1v) is 16.6. The third-order valence-electron chi connectivity index (χ3n) is 8.54. The van der Waals surface area contributed by atoms with E-state index in [1.807, 2.05) is 42.5 Å². The maximum absolute atomic E-state index is 14.7. The van der Waals surface area contributed by atoms with Crippen LogP contribution < -0.4 is 21.3 Å². The van der Waals surface area contributed by atoms with E-state index >= 15 is 0 Å². The van der Waals surface area contributed by atoms with Crippen LogP contribution in [0.25, 0.3) is 10.8 Å². The molecule has 2 atom stereocenters. The summed E-state index contributed by atoms with van der Waals surface area (Å²) in [6.07, 6.45) is 6.77. The highest BCUT2D eigenvalue weighted by atomic mass is 35.5. The van der Waals surface area contributed by atoms with Crippen LogP contribution in [0.1, 0.15) is 76.7 Å². The van der Waals surface area contributed by atoms with Gasteiger partial charge in [0, 0.05) is 29.6 Å². The number of halogens is 1. The molecule has 0 spiro atoms. The lowest BCUT2D eigenvalue weighted by atomic mass is 9.95. The minimum atomic E-state index is -1.09. The zero-order chi connectivity index (χ0) is 31.3. The van der Waals surface area contributed by atoms with Crippen LogP contribution in [0.2, 0.25) is 5.02 Å². The van der Waals surface area contributed by atoms with Gasteiger partial charge in [0.2, 0.25) is 5.91 Å². The molecule has 0 bridgehead atoms. The molecule has 6 rings (SSSR count). The quantitative estimate of drug-likeness (QED) is 0.197. The molecule has 0 unspecified atom stereocenters. The van der Waals surface area contributed by atoms with Crippen LogP contribution in [-0.2, 0) is 9.53 Å². The molecule has 1 aliphatic heterocycles. The maximum atomic E-state index is 14.7. The predicted octanol–water partition coefficient (Wildman–Crippen LogP) is 6.28. The second-order valence-electron chi connectivity index (χ2n) is 11.6. The van der Waals surface area contributed by atoms with Gasteiger partial charge in [0.05, 0.1) is 17.5 Å². The number of nitrogens with one attached hydrogen (secondary N) is 2. The van der Waals surface area contributed by atoms with Gasteiger partial charge in [-0.15, -0.1) is 0 Å². The van der Waals surface area contributed by atoms with Crippen LogP contribution in [0.4, 0.5) is 11.4 Å². The summed E-state index contributed by atoms with van der Waals surface area (Å²) in [7, 11) is 0. The molecule has 45 heavy (non-hydrogen) atoms. The van der Waals surface area contributed by atoms with Crippen molar-refractivity contribution in [3.05, 3.63) is 87.9 Å². The van der Waals surface area contributed by atoms with Gasteiger partial charge in [-0.3, -0.25) is 19.3 Å². The molecule has 0 radical (unpaired) electrons. The number of carbonyl (C=O) groups is 3. The highest BCUT2D eigenvalue weighted by Gasteiger charge is 2.37. The molecule has 2 aliphatic rings. The Kier molecular flexibility index (Phi) is 9.63. The van der Waals surface area contributed by atoms with E-state index in [2.05, 4.69) is 15.0 Å². The van der Waals surface area contributed by atoms with Crippen LogP contribution in [0.5, 0.6) is 0 Å². The number of hydrogen-bond acceptors (Lipinski definition) is 7. The van der Waals surface area contributed by atoms with Gasteiger partial charge in [0.25, 0.3) is 11.8 Å². The van der Waals surface area contributed by atoms with E-state index in [0.29, 0.717) is 29.4 Å². The second kappa shape index (κ2) is 14.0. The molecule has 4 N–H and O–H groups in total. The van der Waals surface area contributed by atoms with Gasteiger partial charge in [-0.25, -0.2) is 0 Å². The van der Waals surface area contributed by atoms with Crippen molar-refractivity contribution in [1.82, 2.24) is 15.0 Å². The van der Waals surface area contributed by atoms with Crippen molar-refractivity contribution in [1.29, 1.82) is 0 Å². The molecule has 1 aromatic heterocycles. The summed E-state index contributed by atoms with van der Waals surface area (Å²) in [5.74, 6) is -1.31. The maximum Gasteiger partial charge on any atom is 0.273 e. The Bertz CT molecular complexity index is 1680. The number of amides is 3. The summed E-state index contributed by atoms with van der Waals surface area (Å²) < 4.78 is 10.1. The first kappa shape index (κ1) is 31.0. The molecule has 234 valence electrons. The van der Waals surface area contributed by atoms with Crippen molar-refractivity contribution >= 4 is 63.0 Å². The van der Waals surface area contributed by atoms with Crippen LogP contribution in [-0.4, -0.2) is 47.4 Å². The van der Waals surface area contributed by atoms with Gasteiger partial charge >= 0.3 is 0 Å². The Morgan fingerprint density at radius 3 is 2.49 bits per heavy atom. The smallest absolute Gasteiger partial charge is 0.273 e. The minimum absolute atomic E-state index is 0.00170. The third-order valence-corrected chi connectivity index (χ3v) is 9.65. The fourth-order valence-electron chi connectivity index (χ4n) is 6.19. The summed E-state index contributed by atoms with van der Waals surface area (Å²) in [6.45, 7) is 0.970. The van der Waals surface area contributed by atoms with Crippen LogP contribution >= 0.6 is 23.1 Å². The van der Waals surface area contributed by atoms with Gasteiger partial charge < -0.3 is 21.1 Å². The zero-order valence-corrected chi connectivity index (χ0v) is 26.4. The van der Waals surface area contributed by atoms with Gasteiger partial charge in [-0.05, 0) is 66.4 Å². The summed E-state index contributed by atoms with van der Waals surface area (Å²) in [5, 5.41) is 8.24. The first-order chi connectivity index (χ1) is 21.9. The molecular weight excluding hydrogens is 610 g/mol. The topological polar surface area (TPSA) is 127 Å². The van der Waals surface area contributed by atoms with Crippen molar-refractivity contribution in [2.24, 2.45) is 0 Å². The van der Waals surface area contributed by atoms with E-state index in [9.17, 15) is 14.4 Å². The van der Waals surface area contributed by atoms with Crippen molar-refractivity contribution in [2.75, 3.05) is 23.8 Å². The number of anilines is 2. The Balaban J connectivity index is 1.42. The molecule has 2 heterocycles. The highest BCUT2D eigenvalue weighted by molar-refractivity contribution is 7.09. The van der Waals surface area contributed by atoms with E-state index in [1.165, 1.54) is 4.90 Å². The fraction of sp³-hybridized carbons (Fsp3) is 0.353. The molecule has 1 aliphatic carbocycles. The number of fused-ring (bicyclic) bond motifs is 1. The summed E-state index contributed by atoms with van der Waals surface area (Å²) in [5.41, 5.74) is 7.62. The van der Waals surface area contributed by atoms with E-state index in [4.69, 9.17) is 22.1 Å². The molecule has 1 saturated carbocycles. The van der Waals surface area contributed by atoms with Crippen LogP contribution in [0, 0.1) is 0 Å². The molecule has 11 heteroatoms. The zero-order valence-electron chi connectivity index (χ0n) is 24.8. The van der Waals surface area contributed by atoms with Crippen LogP contribution in [0.3, 0.4) is 0 Å². The Labute approximate surface area is 271 Å². The molecule has 2 fully saturated rings. The average Bonchev–Trinajstić information content (AvgIpc) is 3.73. The Morgan fingerprint density at radius 2 is 1.73 bits per heavy atom.